The Morgan fingerprint density at radius 1 is 0.879 bits per heavy atom. The Morgan fingerprint density at radius 2 is 1.59 bits per heavy atom. The number of aldehydes is 1. The van der Waals surface area contributed by atoms with Gasteiger partial charge in [0.2, 0.25) is 0 Å². The van der Waals surface area contributed by atoms with Gasteiger partial charge in [-0.05, 0) is 112 Å². The molecule has 58 heavy (non-hydrogen) atoms. The van der Waals surface area contributed by atoms with E-state index in [1.807, 2.05) is 19.9 Å². The van der Waals surface area contributed by atoms with E-state index in [4.69, 9.17) is 23.7 Å². The summed E-state index contributed by atoms with van der Waals surface area (Å²) in [6.07, 6.45) is -6.05. The molecule has 19 atom stereocenters. The fourth-order valence-electron chi connectivity index (χ4n) is 13.3. The van der Waals surface area contributed by atoms with Crippen LogP contribution in [0.3, 0.4) is 0 Å². The Hall–Kier alpha value is -1.60. The number of rotatable bonds is 12. The highest BCUT2D eigenvalue weighted by Gasteiger charge is 2.74. The Labute approximate surface area is 342 Å². The van der Waals surface area contributed by atoms with E-state index < -0.39 is 102 Å². The number of carbonyl (C=O) groups excluding carboxylic acids is 2. The van der Waals surface area contributed by atoms with Crippen molar-refractivity contribution in [3.63, 3.8) is 0 Å². The van der Waals surface area contributed by atoms with Gasteiger partial charge in [-0.2, -0.15) is 0 Å². The van der Waals surface area contributed by atoms with Crippen LogP contribution in [-0.2, 0) is 33.3 Å². The third-order valence-corrected chi connectivity index (χ3v) is 16.4. The topological polar surface area (TPSA) is 242 Å². The Bertz CT molecular complexity index is 1500. The second kappa shape index (κ2) is 16.9. The minimum atomic E-state index is -1.70. The summed E-state index contributed by atoms with van der Waals surface area (Å²) < 4.78 is 29.4. The fourth-order valence-corrected chi connectivity index (χ4v) is 13.3. The van der Waals surface area contributed by atoms with Gasteiger partial charge in [0.05, 0.1) is 43.0 Å². The van der Waals surface area contributed by atoms with Gasteiger partial charge in [0.15, 0.2) is 18.7 Å². The molecule has 2 aliphatic heterocycles. The van der Waals surface area contributed by atoms with Crippen molar-refractivity contribution in [3.05, 3.63) is 11.6 Å². The molecule has 6 fully saturated rings. The predicted molar refractivity (Wildman–Crippen MR) is 206 cm³/mol. The molecule has 0 bridgehead atoms. The zero-order chi connectivity index (χ0) is 42.7. The van der Waals surface area contributed by atoms with Crippen LogP contribution in [0.2, 0.25) is 0 Å². The van der Waals surface area contributed by atoms with Gasteiger partial charge in [0, 0.05) is 6.92 Å². The van der Waals surface area contributed by atoms with E-state index in [2.05, 4.69) is 27.7 Å². The van der Waals surface area contributed by atoms with Crippen LogP contribution >= 0.6 is 0 Å². The molecule has 332 valence electrons. The van der Waals surface area contributed by atoms with Crippen molar-refractivity contribution in [3.8, 4) is 0 Å². The van der Waals surface area contributed by atoms with Gasteiger partial charge in [-0.15, -0.1) is 0 Å². The van der Waals surface area contributed by atoms with Crippen LogP contribution in [0.15, 0.2) is 11.6 Å². The lowest BCUT2D eigenvalue weighted by Gasteiger charge is -2.70. The van der Waals surface area contributed by atoms with Crippen LogP contribution in [0.4, 0.5) is 0 Å². The number of fused-ring (bicyclic) bond motifs is 5. The van der Waals surface area contributed by atoms with Gasteiger partial charge in [-0.25, -0.2) is 0 Å². The summed E-state index contributed by atoms with van der Waals surface area (Å²) in [6, 6.07) is 0. The predicted octanol–water partition coefficient (Wildman–Crippen LogP) is 1.51. The van der Waals surface area contributed by atoms with Gasteiger partial charge in [0.1, 0.15) is 42.9 Å². The van der Waals surface area contributed by atoms with E-state index in [1.165, 1.54) is 0 Å². The highest BCUT2D eigenvalue weighted by atomic mass is 16.8. The maximum absolute atomic E-state index is 13.8. The summed E-state index contributed by atoms with van der Waals surface area (Å²) in [5, 5.41) is 87.6. The second-order valence-electron chi connectivity index (χ2n) is 19.9. The van der Waals surface area contributed by atoms with Crippen molar-refractivity contribution < 1.29 is 74.1 Å². The van der Waals surface area contributed by atoms with Gasteiger partial charge in [-0.1, -0.05) is 39.3 Å². The van der Waals surface area contributed by atoms with Crippen molar-refractivity contribution >= 4 is 12.3 Å². The zero-order valence-electron chi connectivity index (χ0n) is 35.2. The second-order valence-corrected chi connectivity index (χ2v) is 19.9. The molecular formula is C43H70O15. The third kappa shape index (κ3) is 7.54. The van der Waals surface area contributed by atoms with Gasteiger partial charge in [-0.3, -0.25) is 4.79 Å². The van der Waals surface area contributed by atoms with Crippen LogP contribution in [-0.4, -0.2) is 146 Å². The van der Waals surface area contributed by atoms with Crippen LogP contribution in [0.1, 0.15) is 106 Å². The largest absolute Gasteiger partial charge is 0.457 e. The van der Waals surface area contributed by atoms with Crippen molar-refractivity contribution in [2.75, 3.05) is 19.8 Å². The maximum atomic E-state index is 13.8. The molecule has 4 saturated carbocycles. The molecule has 8 N–H and O–H groups in total. The Kier molecular flexibility index (Phi) is 13.4. The molecule has 0 aromatic heterocycles. The number of carbonyl (C=O) groups is 2. The molecule has 2 heterocycles. The molecule has 2 saturated heterocycles. The number of aliphatic hydroxyl groups excluding tert-OH is 7. The monoisotopic (exact) mass is 826 g/mol. The average Bonchev–Trinajstić information content (AvgIpc) is 3.54. The molecule has 19 unspecified atom stereocenters. The Morgan fingerprint density at radius 3 is 2.22 bits per heavy atom. The summed E-state index contributed by atoms with van der Waals surface area (Å²) in [4.78, 5) is 25.3. The van der Waals surface area contributed by atoms with Crippen LogP contribution in [0.25, 0.3) is 0 Å². The SMILES string of the molecule is CC(=O)OC1COC(OC2C(OC3CCC4(C)C(CC(O)C5(C=O)C4CCC4C(C(C)(O)CCC=C(C)CO)CCC45C)C3(C)C)OC(CO)C(O)C2O)C(O)C1O. The van der Waals surface area contributed by atoms with Crippen molar-refractivity contribution in [1.82, 2.24) is 0 Å². The van der Waals surface area contributed by atoms with E-state index in [0.29, 0.717) is 38.5 Å². The number of aliphatic hydroxyl groups is 8. The summed E-state index contributed by atoms with van der Waals surface area (Å²) in [6.45, 7) is 12.5. The summed E-state index contributed by atoms with van der Waals surface area (Å²) in [7, 11) is 0. The smallest absolute Gasteiger partial charge is 0.303 e. The molecule has 0 aromatic carbocycles. The van der Waals surface area contributed by atoms with E-state index in [9.17, 15) is 50.4 Å². The lowest BCUT2D eigenvalue weighted by atomic mass is 9.34. The van der Waals surface area contributed by atoms with E-state index in [0.717, 1.165) is 38.0 Å². The van der Waals surface area contributed by atoms with Crippen LogP contribution < -0.4 is 0 Å². The molecule has 0 radical (unpaired) electrons. The lowest BCUT2D eigenvalue weighted by molar-refractivity contribution is -0.371. The van der Waals surface area contributed by atoms with Gasteiger partial charge < -0.3 is 69.3 Å². The highest BCUT2D eigenvalue weighted by Crippen LogP contribution is 2.75. The normalized spacial score (nSPS) is 48.9. The molecule has 0 spiro atoms. The summed E-state index contributed by atoms with van der Waals surface area (Å²) in [5.74, 6) is -0.952. The number of hydrogen-bond donors (Lipinski definition) is 8. The maximum Gasteiger partial charge on any atom is 0.303 e. The molecule has 0 aromatic rings. The van der Waals surface area contributed by atoms with E-state index in [1.54, 1.807) is 0 Å². The highest BCUT2D eigenvalue weighted by molar-refractivity contribution is 5.66. The summed E-state index contributed by atoms with van der Waals surface area (Å²) >= 11 is 0. The van der Waals surface area contributed by atoms with Crippen LogP contribution in [0, 0.1) is 45.3 Å². The first kappa shape index (κ1) is 45.9. The lowest BCUT2D eigenvalue weighted by Crippen LogP contribution is -2.70. The standard InChI is InChI=1S/C43H70O15/c1-22(18-44)9-8-14-42(7,53)25-12-16-41(6)24(25)10-11-28-40(5)15-13-31(39(3,4)29(40)17-30(48)43(28,41)21-46)57-38-36(34(51)32(49)26(19-45)56-38)58-37-35(52)33(50)27(20-54-37)55-23(2)47/h9,21,24-38,44-45,48-53H,8,10-20H2,1-7H3. The molecule has 6 aliphatic rings. The van der Waals surface area contributed by atoms with Crippen molar-refractivity contribution in [2.45, 2.75) is 179 Å². The molecule has 0 amide bonds. The third-order valence-electron chi connectivity index (χ3n) is 16.4. The quantitative estimate of drug-likeness (QED) is 0.0602. The van der Waals surface area contributed by atoms with E-state index >= 15 is 0 Å². The molecule has 15 nitrogen and oxygen atoms in total. The number of allylic oxidation sites excluding steroid dienone is 1. The first-order chi connectivity index (χ1) is 27.1. The molecule has 6 rings (SSSR count). The average molecular weight is 827 g/mol. The fraction of sp³-hybridized carbons (Fsp3) is 0.907. The number of ether oxygens (including phenoxy) is 5. The molecular weight excluding hydrogens is 756 g/mol. The molecule has 15 heteroatoms. The first-order valence-electron chi connectivity index (χ1n) is 21.4. The zero-order valence-corrected chi connectivity index (χ0v) is 35.2. The van der Waals surface area contributed by atoms with Crippen molar-refractivity contribution in [2.24, 2.45) is 45.3 Å². The van der Waals surface area contributed by atoms with Gasteiger partial charge in [0.25, 0.3) is 0 Å². The van der Waals surface area contributed by atoms with Gasteiger partial charge >= 0.3 is 5.97 Å². The molecule has 4 aliphatic carbocycles. The summed E-state index contributed by atoms with van der Waals surface area (Å²) in [5.41, 5.74) is -2.71. The number of hydrogen-bond acceptors (Lipinski definition) is 15. The van der Waals surface area contributed by atoms with Crippen LogP contribution in [0.5, 0.6) is 0 Å². The Balaban J connectivity index is 1.23. The minimum absolute atomic E-state index is 0.0220. The van der Waals surface area contributed by atoms with E-state index in [-0.39, 0.29) is 42.3 Å². The minimum Gasteiger partial charge on any atom is -0.457 e. The first-order valence-corrected chi connectivity index (χ1v) is 21.4. The number of esters is 1. The van der Waals surface area contributed by atoms with Crippen molar-refractivity contribution in [1.29, 1.82) is 0 Å².